The second-order valence-corrected chi connectivity index (χ2v) is 8.45. The van der Waals surface area contributed by atoms with Crippen LogP contribution in [-0.2, 0) is 11.3 Å². The molecule has 3 heterocycles. The van der Waals surface area contributed by atoms with E-state index in [1.807, 2.05) is 38.4 Å². The summed E-state index contributed by atoms with van der Waals surface area (Å²) in [5.74, 6) is 0.673. The van der Waals surface area contributed by atoms with E-state index in [9.17, 15) is 4.39 Å². The SMILES string of the molecule is CN(C)c1nc2ccccc2cc1CN1CCO[C@H](c2nccnc2-c2cccc(F)c2)C1. The maximum absolute atomic E-state index is 13.8. The van der Waals surface area contributed by atoms with Crippen molar-refractivity contribution in [1.82, 2.24) is 19.9 Å². The van der Waals surface area contributed by atoms with Crippen molar-refractivity contribution in [2.75, 3.05) is 38.7 Å². The van der Waals surface area contributed by atoms with E-state index >= 15 is 0 Å². The predicted molar refractivity (Wildman–Crippen MR) is 127 cm³/mol. The maximum Gasteiger partial charge on any atom is 0.133 e. The molecule has 1 fully saturated rings. The number of aromatic nitrogens is 3. The zero-order chi connectivity index (χ0) is 22.8. The largest absolute Gasteiger partial charge is 0.369 e. The van der Waals surface area contributed by atoms with E-state index in [-0.39, 0.29) is 11.9 Å². The number of para-hydroxylation sites is 1. The van der Waals surface area contributed by atoms with Gasteiger partial charge < -0.3 is 9.64 Å². The van der Waals surface area contributed by atoms with Gasteiger partial charge in [0.2, 0.25) is 0 Å². The minimum Gasteiger partial charge on any atom is -0.369 e. The molecule has 33 heavy (non-hydrogen) atoms. The summed E-state index contributed by atoms with van der Waals surface area (Å²) in [5, 5.41) is 1.13. The Kier molecular flexibility index (Phi) is 5.98. The lowest BCUT2D eigenvalue weighted by molar-refractivity contribution is -0.0348. The van der Waals surface area contributed by atoms with Gasteiger partial charge in [0.25, 0.3) is 0 Å². The van der Waals surface area contributed by atoms with E-state index in [0.29, 0.717) is 24.4 Å². The van der Waals surface area contributed by atoms with E-state index in [2.05, 4.69) is 31.9 Å². The highest BCUT2D eigenvalue weighted by atomic mass is 19.1. The molecule has 1 aliphatic rings. The molecule has 1 saturated heterocycles. The Morgan fingerprint density at radius 2 is 1.91 bits per heavy atom. The van der Waals surface area contributed by atoms with Crippen LogP contribution in [-0.4, -0.2) is 53.6 Å². The monoisotopic (exact) mass is 443 g/mol. The molecule has 0 saturated carbocycles. The Bertz CT molecular complexity index is 1280. The van der Waals surface area contributed by atoms with E-state index in [4.69, 9.17) is 9.72 Å². The van der Waals surface area contributed by atoms with Crippen molar-refractivity contribution in [3.05, 3.63) is 84.1 Å². The van der Waals surface area contributed by atoms with Crippen molar-refractivity contribution in [3.63, 3.8) is 0 Å². The Hall–Kier alpha value is -3.42. The molecule has 1 atom stereocenters. The molecule has 4 aromatic rings. The molecular weight excluding hydrogens is 417 g/mol. The number of pyridine rings is 1. The third-order valence-electron chi connectivity index (χ3n) is 5.88. The van der Waals surface area contributed by atoms with Crippen LogP contribution in [0, 0.1) is 5.82 Å². The Labute approximate surface area is 192 Å². The van der Waals surface area contributed by atoms with Crippen LogP contribution in [0.1, 0.15) is 17.4 Å². The first kappa shape index (κ1) is 21.4. The number of ether oxygens (including phenoxy) is 1. The fraction of sp³-hybridized carbons (Fsp3) is 0.269. The molecule has 0 aliphatic carbocycles. The number of fused-ring (bicyclic) bond motifs is 1. The predicted octanol–water partition coefficient (Wildman–Crippen LogP) is 4.47. The molecule has 2 aromatic heterocycles. The van der Waals surface area contributed by atoms with Crippen molar-refractivity contribution in [3.8, 4) is 11.3 Å². The van der Waals surface area contributed by atoms with Gasteiger partial charge in [-0.15, -0.1) is 0 Å². The summed E-state index contributed by atoms with van der Waals surface area (Å²) in [7, 11) is 4.04. The summed E-state index contributed by atoms with van der Waals surface area (Å²) in [6.45, 7) is 2.81. The van der Waals surface area contributed by atoms with Crippen LogP contribution in [0.5, 0.6) is 0 Å². The molecule has 0 spiro atoms. The molecule has 0 bridgehead atoms. The van der Waals surface area contributed by atoms with Crippen molar-refractivity contribution in [1.29, 1.82) is 0 Å². The zero-order valence-corrected chi connectivity index (χ0v) is 18.8. The lowest BCUT2D eigenvalue weighted by Gasteiger charge is -2.33. The molecule has 0 amide bonds. The lowest BCUT2D eigenvalue weighted by Crippen LogP contribution is -2.38. The Morgan fingerprint density at radius 1 is 1.06 bits per heavy atom. The summed E-state index contributed by atoms with van der Waals surface area (Å²) in [6, 6.07) is 16.9. The number of hydrogen-bond acceptors (Lipinski definition) is 6. The van der Waals surface area contributed by atoms with Crippen LogP contribution in [0.2, 0.25) is 0 Å². The Morgan fingerprint density at radius 3 is 2.76 bits per heavy atom. The van der Waals surface area contributed by atoms with E-state index in [0.717, 1.165) is 35.5 Å². The summed E-state index contributed by atoms with van der Waals surface area (Å²) >= 11 is 0. The van der Waals surface area contributed by atoms with Crippen LogP contribution < -0.4 is 4.90 Å². The van der Waals surface area contributed by atoms with Gasteiger partial charge in [-0.05, 0) is 24.3 Å². The number of nitrogens with zero attached hydrogens (tertiary/aromatic N) is 5. The van der Waals surface area contributed by atoms with Crippen LogP contribution in [0.4, 0.5) is 10.2 Å². The molecule has 168 valence electrons. The number of anilines is 1. The quantitative estimate of drug-likeness (QED) is 0.454. The number of benzene rings is 2. The fourth-order valence-electron chi connectivity index (χ4n) is 4.35. The first-order chi connectivity index (χ1) is 16.1. The summed E-state index contributed by atoms with van der Waals surface area (Å²) in [6.07, 6.45) is 3.05. The van der Waals surface area contributed by atoms with E-state index < -0.39 is 0 Å². The van der Waals surface area contributed by atoms with Gasteiger partial charge in [-0.25, -0.2) is 9.37 Å². The van der Waals surface area contributed by atoms with Gasteiger partial charge in [-0.1, -0.05) is 30.3 Å². The normalized spacial score (nSPS) is 16.8. The van der Waals surface area contributed by atoms with Crippen molar-refractivity contribution in [2.45, 2.75) is 12.6 Å². The van der Waals surface area contributed by atoms with E-state index in [1.165, 1.54) is 17.7 Å². The molecule has 1 aliphatic heterocycles. The summed E-state index contributed by atoms with van der Waals surface area (Å²) in [5.41, 5.74) is 4.25. The molecule has 6 nitrogen and oxygen atoms in total. The zero-order valence-electron chi connectivity index (χ0n) is 18.8. The first-order valence-corrected chi connectivity index (χ1v) is 11.1. The highest BCUT2D eigenvalue weighted by molar-refractivity contribution is 5.81. The minimum atomic E-state index is -0.296. The van der Waals surface area contributed by atoms with Crippen LogP contribution in [0.3, 0.4) is 0 Å². The third kappa shape index (κ3) is 4.55. The second-order valence-electron chi connectivity index (χ2n) is 8.45. The van der Waals surface area contributed by atoms with Gasteiger partial charge in [0, 0.05) is 62.6 Å². The minimum absolute atomic E-state index is 0.248. The molecule has 7 heteroatoms. The van der Waals surface area contributed by atoms with Gasteiger partial charge in [0.15, 0.2) is 0 Å². The highest BCUT2D eigenvalue weighted by Gasteiger charge is 2.27. The summed E-state index contributed by atoms with van der Waals surface area (Å²) in [4.78, 5) is 18.4. The lowest BCUT2D eigenvalue weighted by atomic mass is 10.0. The maximum atomic E-state index is 13.8. The van der Waals surface area contributed by atoms with Gasteiger partial charge in [0.1, 0.15) is 17.7 Å². The van der Waals surface area contributed by atoms with Gasteiger partial charge in [0.05, 0.1) is 23.5 Å². The Balaban J connectivity index is 1.43. The number of hydrogen-bond donors (Lipinski definition) is 0. The van der Waals surface area contributed by atoms with E-state index in [1.54, 1.807) is 18.5 Å². The number of morpholine rings is 1. The molecule has 2 aromatic carbocycles. The van der Waals surface area contributed by atoms with Crippen LogP contribution in [0.15, 0.2) is 67.0 Å². The smallest absolute Gasteiger partial charge is 0.133 e. The van der Waals surface area contributed by atoms with Gasteiger partial charge in [-0.2, -0.15) is 0 Å². The van der Waals surface area contributed by atoms with Crippen LogP contribution >= 0.6 is 0 Å². The van der Waals surface area contributed by atoms with Gasteiger partial charge >= 0.3 is 0 Å². The molecule has 5 rings (SSSR count). The van der Waals surface area contributed by atoms with Gasteiger partial charge in [-0.3, -0.25) is 14.9 Å². The van der Waals surface area contributed by atoms with Crippen molar-refractivity contribution in [2.24, 2.45) is 0 Å². The topological polar surface area (TPSA) is 54.4 Å². The second kappa shape index (κ2) is 9.21. The summed E-state index contributed by atoms with van der Waals surface area (Å²) < 4.78 is 20.0. The van der Waals surface area contributed by atoms with Crippen molar-refractivity contribution < 1.29 is 9.13 Å². The van der Waals surface area contributed by atoms with Crippen molar-refractivity contribution >= 4 is 16.7 Å². The standard InChI is InChI=1S/C26H26FN5O/c1-31(2)26-20(14-18-6-3-4-9-22(18)30-26)16-32-12-13-33-23(17-32)25-24(28-10-11-29-25)19-7-5-8-21(27)15-19/h3-11,14-15,23H,12-13,16-17H2,1-2H3/t23-/m0/s1. The third-order valence-corrected chi connectivity index (χ3v) is 5.88. The number of halogens is 1. The molecule has 0 radical (unpaired) electrons. The highest BCUT2D eigenvalue weighted by Crippen LogP contribution is 2.31. The fourth-order valence-corrected chi connectivity index (χ4v) is 4.35. The molecule has 0 N–H and O–H groups in total. The average Bonchev–Trinajstić information content (AvgIpc) is 2.84. The first-order valence-electron chi connectivity index (χ1n) is 11.1. The molecular formula is C26H26FN5O. The number of rotatable bonds is 5. The molecule has 0 unspecified atom stereocenters. The van der Waals surface area contributed by atoms with Crippen LogP contribution in [0.25, 0.3) is 22.2 Å². The average molecular weight is 444 g/mol.